The predicted molar refractivity (Wildman–Crippen MR) is 70.7 cm³/mol. The SMILES string of the molecule is CC1(C)OB(C[CH-]c2ccccc2)OC1(C)C.[Cu+]. The van der Waals surface area contributed by atoms with E-state index in [4.69, 9.17) is 9.31 Å². The van der Waals surface area contributed by atoms with Gasteiger partial charge in [0.05, 0.1) is 11.2 Å². The standard InChI is InChI=1S/C14H20BO2.Cu/c1-13(2)14(3,4)17-15(16-13)11-10-12-8-6-5-7-9-12;/h5-10H,11H2,1-4H3;/q-1;+1. The smallest absolute Gasteiger partial charge is 0.404 e. The molecule has 0 spiro atoms. The van der Waals surface area contributed by atoms with E-state index in [0.717, 1.165) is 6.32 Å². The van der Waals surface area contributed by atoms with E-state index in [2.05, 4.69) is 46.2 Å². The third kappa shape index (κ3) is 3.33. The van der Waals surface area contributed by atoms with Crippen LogP contribution >= 0.6 is 0 Å². The van der Waals surface area contributed by atoms with Crippen LogP contribution in [0.2, 0.25) is 6.32 Å². The van der Waals surface area contributed by atoms with Crippen LogP contribution in [0.15, 0.2) is 30.3 Å². The molecule has 0 radical (unpaired) electrons. The van der Waals surface area contributed by atoms with Crippen molar-refractivity contribution >= 4 is 7.12 Å². The van der Waals surface area contributed by atoms with Crippen LogP contribution in [0.4, 0.5) is 0 Å². The number of rotatable bonds is 3. The summed E-state index contributed by atoms with van der Waals surface area (Å²) in [6, 6.07) is 10.3. The van der Waals surface area contributed by atoms with Crippen molar-refractivity contribution in [1.29, 1.82) is 0 Å². The minimum atomic E-state index is -0.234. The Bertz CT molecular complexity index is 363. The minimum Gasteiger partial charge on any atom is -0.404 e. The fourth-order valence-electron chi connectivity index (χ4n) is 1.88. The van der Waals surface area contributed by atoms with E-state index >= 15 is 0 Å². The summed E-state index contributed by atoms with van der Waals surface area (Å²) in [7, 11) is -0.139. The Morgan fingerprint density at radius 3 is 2.00 bits per heavy atom. The molecule has 0 saturated carbocycles. The van der Waals surface area contributed by atoms with Gasteiger partial charge in [-0.25, -0.2) is 0 Å². The molecule has 1 aliphatic rings. The second kappa shape index (κ2) is 5.71. The van der Waals surface area contributed by atoms with Crippen LogP contribution in [0.3, 0.4) is 0 Å². The molecule has 102 valence electrons. The van der Waals surface area contributed by atoms with Crippen molar-refractivity contribution in [2.45, 2.75) is 45.2 Å². The Balaban J connectivity index is 0.00000162. The van der Waals surface area contributed by atoms with Gasteiger partial charge in [0.15, 0.2) is 0 Å². The largest absolute Gasteiger partial charge is 1.00 e. The topological polar surface area (TPSA) is 18.5 Å². The van der Waals surface area contributed by atoms with Gasteiger partial charge in [-0.1, -0.05) is 6.07 Å². The van der Waals surface area contributed by atoms with Crippen LogP contribution < -0.4 is 0 Å². The molecule has 1 heterocycles. The first kappa shape index (κ1) is 15.7. The minimum absolute atomic E-state index is 0. The van der Waals surface area contributed by atoms with Crippen molar-refractivity contribution in [2.24, 2.45) is 0 Å². The van der Waals surface area contributed by atoms with Gasteiger partial charge in [0.1, 0.15) is 0 Å². The summed E-state index contributed by atoms with van der Waals surface area (Å²) >= 11 is 0. The van der Waals surface area contributed by atoms with E-state index < -0.39 is 0 Å². The first-order valence-corrected chi connectivity index (χ1v) is 6.15. The van der Waals surface area contributed by atoms with Gasteiger partial charge in [-0.15, -0.1) is 12.1 Å². The molecule has 1 fully saturated rings. The first-order valence-electron chi connectivity index (χ1n) is 6.15. The molecule has 0 aromatic heterocycles. The average Bonchev–Trinajstić information content (AvgIpc) is 2.46. The molecule has 1 aromatic carbocycles. The second-order valence-corrected chi connectivity index (χ2v) is 5.54. The fourth-order valence-corrected chi connectivity index (χ4v) is 1.88. The molecule has 18 heavy (non-hydrogen) atoms. The van der Waals surface area contributed by atoms with Crippen molar-refractivity contribution in [3.63, 3.8) is 0 Å². The van der Waals surface area contributed by atoms with Crippen LogP contribution in [0, 0.1) is 6.42 Å². The van der Waals surface area contributed by atoms with Gasteiger partial charge in [0, 0.05) is 0 Å². The van der Waals surface area contributed by atoms with E-state index in [-0.39, 0.29) is 35.4 Å². The molecular weight excluding hydrogens is 275 g/mol. The molecule has 0 bridgehead atoms. The molecule has 0 N–H and O–H groups in total. The number of benzene rings is 1. The van der Waals surface area contributed by atoms with E-state index in [1.165, 1.54) is 5.56 Å². The van der Waals surface area contributed by atoms with E-state index in [1.807, 2.05) is 18.2 Å². The zero-order valence-corrected chi connectivity index (χ0v) is 12.3. The van der Waals surface area contributed by atoms with Crippen LogP contribution in [0.5, 0.6) is 0 Å². The summed E-state index contributed by atoms with van der Waals surface area (Å²) < 4.78 is 11.9. The molecule has 0 atom stereocenters. The van der Waals surface area contributed by atoms with Crippen molar-refractivity contribution < 1.29 is 26.4 Å². The van der Waals surface area contributed by atoms with Crippen LogP contribution in [0.25, 0.3) is 0 Å². The Labute approximate surface area is 121 Å². The zero-order chi connectivity index (χ0) is 12.5. The van der Waals surface area contributed by atoms with Gasteiger partial charge in [-0.05, 0) is 34.0 Å². The Morgan fingerprint density at radius 2 is 1.50 bits per heavy atom. The molecule has 0 unspecified atom stereocenters. The Morgan fingerprint density at radius 1 is 1.00 bits per heavy atom. The van der Waals surface area contributed by atoms with Gasteiger partial charge in [0.25, 0.3) is 0 Å². The number of hydrogen-bond acceptors (Lipinski definition) is 2. The normalized spacial score (nSPS) is 20.3. The van der Waals surface area contributed by atoms with Gasteiger partial charge in [0.2, 0.25) is 0 Å². The van der Waals surface area contributed by atoms with Crippen molar-refractivity contribution in [3.05, 3.63) is 42.3 Å². The summed E-state index contributed by atoms with van der Waals surface area (Å²) in [6.07, 6.45) is 2.94. The molecule has 1 aliphatic heterocycles. The maximum absolute atomic E-state index is 5.93. The third-order valence-electron chi connectivity index (χ3n) is 3.65. The molecule has 4 heteroatoms. The summed E-state index contributed by atoms with van der Waals surface area (Å²) in [6.45, 7) is 8.32. The van der Waals surface area contributed by atoms with Crippen molar-refractivity contribution in [2.75, 3.05) is 0 Å². The van der Waals surface area contributed by atoms with E-state index in [9.17, 15) is 0 Å². The quantitative estimate of drug-likeness (QED) is 0.629. The molecule has 0 aliphatic carbocycles. The van der Waals surface area contributed by atoms with E-state index in [0.29, 0.717) is 0 Å². The van der Waals surface area contributed by atoms with Crippen LogP contribution in [0.1, 0.15) is 33.3 Å². The first-order chi connectivity index (χ1) is 7.91. The molecule has 2 nitrogen and oxygen atoms in total. The van der Waals surface area contributed by atoms with Gasteiger partial charge in [-0.3, -0.25) is 0 Å². The average molecular weight is 295 g/mol. The van der Waals surface area contributed by atoms with Crippen molar-refractivity contribution in [3.8, 4) is 0 Å². The summed E-state index contributed by atoms with van der Waals surface area (Å²) in [4.78, 5) is 0. The number of hydrogen-bond donors (Lipinski definition) is 0. The van der Waals surface area contributed by atoms with Gasteiger partial charge < -0.3 is 9.31 Å². The molecular formula is C14H20BCuO2. The molecule has 1 saturated heterocycles. The molecule has 0 amide bonds. The van der Waals surface area contributed by atoms with Crippen LogP contribution in [-0.4, -0.2) is 18.3 Å². The van der Waals surface area contributed by atoms with Crippen molar-refractivity contribution in [1.82, 2.24) is 0 Å². The third-order valence-corrected chi connectivity index (χ3v) is 3.65. The predicted octanol–water partition coefficient (Wildman–Crippen LogP) is 3.33. The maximum Gasteiger partial charge on any atom is 1.00 e. The molecule has 2 rings (SSSR count). The monoisotopic (exact) mass is 294 g/mol. The summed E-state index contributed by atoms with van der Waals surface area (Å²) in [5.74, 6) is 0. The molecule has 1 aromatic rings. The van der Waals surface area contributed by atoms with Gasteiger partial charge in [-0.2, -0.15) is 24.1 Å². The van der Waals surface area contributed by atoms with E-state index in [1.54, 1.807) is 0 Å². The summed E-state index contributed by atoms with van der Waals surface area (Å²) in [5.41, 5.74) is 0.743. The van der Waals surface area contributed by atoms with Crippen LogP contribution in [-0.2, 0) is 26.4 Å². The second-order valence-electron chi connectivity index (χ2n) is 5.54. The fraction of sp³-hybridized carbons (Fsp3) is 0.500. The Hall–Kier alpha value is -0.406. The zero-order valence-electron chi connectivity index (χ0n) is 11.4. The Kier molecular flexibility index (Phi) is 4.96. The summed E-state index contributed by atoms with van der Waals surface area (Å²) in [5, 5.41) is 0. The van der Waals surface area contributed by atoms with Gasteiger partial charge >= 0.3 is 24.2 Å². The maximum atomic E-state index is 5.93.